The molecule has 1 aromatic heterocycles. The molecule has 0 atom stereocenters. The number of hydrazine groups is 1. The Morgan fingerprint density at radius 3 is 2.48 bits per heavy atom. The fraction of sp³-hybridized carbons (Fsp3) is 0. The third-order valence-electron chi connectivity index (χ3n) is 3.70. The van der Waals surface area contributed by atoms with E-state index in [0.29, 0.717) is 5.70 Å². The van der Waals surface area contributed by atoms with Crippen LogP contribution in [0.2, 0.25) is 0 Å². The van der Waals surface area contributed by atoms with Crippen molar-refractivity contribution in [3.8, 4) is 17.2 Å². The summed E-state index contributed by atoms with van der Waals surface area (Å²) in [7, 11) is 0. The van der Waals surface area contributed by atoms with Gasteiger partial charge in [-0.05, 0) is 10.9 Å². The first-order valence-corrected chi connectivity index (χ1v) is 7.04. The molecule has 0 saturated carbocycles. The van der Waals surface area contributed by atoms with Gasteiger partial charge in [0.05, 0.1) is 5.70 Å². The minimum absolute atomic E-state index is 0.143. The minimum Gasteiger partial charge on any atom is -0.396 e. The van der Waals surface area contributed by atoms with Crippen LogP contribution in [0.15, 0.2) is 66.6 Å². The zero-order valence-corrected chi connectivity index (χ0v) is 12.3. The fourth-order valence-electron chi connectivity index (χ4n) is 2.49. The first-order valence-electron chi connectivity index (χ1n) is 7.04. The SMILES string of the molecule is N#C/C(NN)=C(/N)c1ccc(-c2cncc3ccccc23)cc1. The molecule has 3 rings (SSSR count). The summed E-state index contributed by atoms with van der Waals surface area (Å²) in [5, 5.41) is 11.2. The monoisotopic (exact) mass is 301 g/mol. The molecule has 2 aromatic carbocycles. The third-order valence-corrected chi connectivity index (χ3v) is 3.70. The molecule has 5 nitrogen and oxygen atoms in total. The van der Waals surface area contributed by atoms with Crippen LogP contribution in [0.5, 0.6) is 0 Å². The average Bonchev–Trinajstić information content (AvgIpc) is 2.62. The number of allylic oxidation sites excluding steroid dienone is 1. The minimum atomic E-state index is 0.143. The van der Waals surface area contributed by atoms with Gasteiger partial charge in [-0.15, -0.1) is 0 Å². The summed E-state index contributed by atoms with van der Waals surface area (Å²) in [6, 6.07) is 17.7. The highest BCUT2D eigenvalue weighted by Crippen LogP contribution is 2.28. The maximum atomic E-state index is 8.97. The molecule has 0 unspecified atom stereocenters. The van der Waals surface area contributed by atoms with E-state index in [2.05, 4.69) is 16.5 Å². The molecule has 23 heavy (non-hydrogen) atoms. The summed E-state index contributed by atoms with van der Waals surface area (Å²) in [5.41, 5.74) is 11.5. The highest BCUT2D eigenvalue weighted by Gasteiger charge is 2.07. The van der Waals surface area contributed by atoms with E-state index < -0.39 is 0 Å². The lowest BCUT2D eigenvalue weighted by Crippen LogP contribution is -2.23. The highest BCUT2D eigenvalue weighted by atomic mass is 15.2. The molecular weight excluding hydrogens is 286 g/mol. The van der Waals surface area contributed by atoms with Crippen LogP contribution in [0.25, 0.3) is 27.6 Å². The van der Waals surface area contributed by atoms with Gasteiger partial charge in [-0.1, -0.05) is 48.5 Å². The predicted molar refractivity (Wildman–Crippen MR) is 91.2 cm³/mol. The Morgan fingerprint density at radius 1 is 1.04 bits per heavy atom. The molecule has 5 N–H and O–H groups in total. The number of pyridine rings is 1. The number of nitrogens with one attached hydrogen (secondary N) is 1. The van der Waals surface area contributed by atoms with E-state index in [4.69, 9.17) is 16.8 Å². The van der Waals surface area contributed by atoms with E-state index in [-0.39, 0.29) is 5.70 Å². The predicted octanol–water partition coefficient (Wildman–Crippen LogP) is 2.52. The van der Waals surface area contributed by atoms with Gasteiger partial charge < -0.3 is 11.2 Å². The molecule has 0 aliphatic heterocycles. The molecule has 0 spiro atoms. The third kappa shape index (κ3) is 2.71. The Hall–Kier alpha value is -3.36. The van der Waals surface area contributed by atoms with Crippen molar-refractivity contribution in [1.82, 2.24) is 10.4 Å². The molecule has 5 heteroatoms. The fourth-order valence-corrected chi connectivity index (χ4v) is 2.49. The number of nitrogens with zero attached hydrogens (tertiary/aromatic N) is 2. The molecule has 0 bridgehead atoms. The second-order valence-corrected chi connectivity index (χ2v) is 5.03. The summed E-state index contributed by atoms with van der Waals surface area (Å²) in [6.07, 6.45) is 3.69. The Balaban J connectivity index is 2.06. The number of benzene rings is 2. The van der Waals surface area contributed by atoms with Crippen LogP contribution >= 0.6 is 0 Å². The van der Waals surface area contributed by atoms with E-state index in [1.807, 2.05) is 60.9 Å². The molecule has 0 fully saturated rings. The number of nitriles is 1. The number of rotatable bonds is 3. The summed E-state index contributed by atoms with van der Waals surface area (Å²) < 4.78 is 0. The summed E-state index contributed by atoms with van der Waals surface area (Å²) in [5.74, 6) is 5.29. The van der Waals surface area contributed by atoms with Gasteiger partial charge in [0.1, 0.15) is 6.07 Å². The van der Waals surface area contributed by atoms with Gasteiger partial charge in [-0.2, -0.15) is 5.26 Å². The van der Waals surface area contributed by atoms with E-state index in [1.54, 1.807) is 0 Å². The van der Waals surface area contributed by atoms with Crippen LogP contribution in [0.3, 0.4) is 0 Å². The summed E-state index contributed by atoms with van der Waals surface area (Å²) >= 11 is 0. The topological polar surface area (TPSA) is 101 Å². The van der Waals surface area contributed by atoms with Crippen molar-refractivity contribution in [3.05, 3.63) is 72.2 Å². The molecule has 1 heterocycles. The van der Waals surface area contributed by atoms with Crippen LogP contribution in [-0.4, -0.2) is 4.98 Å². The number of hydrogen-bond donors (Lipinski definition) is 3. The second kappa shape index (κ2) is 6.18. The van der Waals surface area contributed by atoms with Gasteiger partial charge in [0.25, 0.3) is 0 Å². The molecular formula is C18H15N5. The van der Waals surface area contributed by atoms with Gasteiger partial charge >= 0.3 is 0 Å². The highest BCUT2D eigenvalue weighted by molar-refractivity contribution is 5.95. The van der Waals surface area contributed by atoms with Crippen molar-refractivity contribution in [1.29, 1.82) is 5.26 Å². The number of hydrogen-bond acceptors (Lipinski definition) is 5. The standard InChI is InChI=1S/C18H15N5/c19-9-17(23-21)18(20)13-7-5-12(6-8-13)16-11-22-10-14-3-1-2-4-15(14)16/h1-8,10-11,23H,20-21H2/b18-17-. The summed E-state index contributed by atoms with van der Waals surface area (Å²) in [6.45, 7) is 0. The molecule has 0 aliphatic rings. The zero-order valence-electron chi connectivity index (χ0n) is 12.3. The first kappa shape index (κ1) is 14.6. The zero-order chi connectivity index (χ0) is 16.2. The van der Waals surface area contributed by atoms with Gasteiger partial charge in [0.15, 0.2) is 5.70 Å². The number of fused-ring (bicyclic) bond motifs is 1. The van der Waals surface area contributed by atoms with Crippen molar-refractivity contribution in [2.45, 2.75) is 0 Å². The van der Waals surface area contributed by atoms with E-state index in [9.17, 15) is 0 Å². The maximum Gasteiger partial charge on any atom is 0.151 e. The van der Waals surface area contributed by atoms with Gasteiger partial charge in [-0.25, -0.2) is 5.84 Å². The van der Waals surface area contributed by atoms with E-state index in [1.165, 1.54) is 0 Å². The van der Waals surface area contributed by atoms with Crippen molar-refractivity contribution >= 4 is 16.5 Å². The van der Waals surface area contributed by atoms with Gasteiger partial charge in [0, 0.05) is 28.9 Å². The lowest BCUT2D eigenvalue weighted by atomic mass is 9.99. The Kier molecular flexibility index (Phi) is 3.91. The number of nitrogens with two attached hydrogens (primary N) is 2. The van der Waals surface area contributed by atoms with Crippen LogP contribution in [0.4, 0.5) is 0 Å². The van der Waals surface area contributed by atoms with Crippen LogP contribution in [-0.2, 0) is 0 Å². The lowest BCUT2D eigenvalue weighted by molar-refractivity contribution is 0.920. The smallest absolute Gasteiger partial charge is 0.151 e. The Labute approximate surface area is 133 Å². The Morgan fingerprint density at radius 2 is 1.78 bits per heavy atom. The average molecular weight is 301 g/mol. The lowest BCUT2D eigenvalue weighted by Gasteiger charge is -2.09. The molecule has 0 radical (unpaired) electrons. The first-order chi connectivity index (χ1) is 11.2. The van der Waals surface area contributed by atoms with E-state index >= 15 is 0 Å². The molecule has 112 valence electrons. The van der Waals surface area contributed by atoms with Crippen molar-refractivity contribution in [3.63, 3.8) is 0 Å². The number of aromatic nitrogens is 1. The molecule has 3 aromatic rings. The van der Waals surface area contributed by atoms with Gasteiger partial charge in [-0.3, -0.25) is 4.98 Å². The van der Waals surface area contributed by atoms with Crippen LogP contribution < -0.4 is 17.0 Å². The van der Waals surface area contributed by atoms with Crippen LogP contribution in [0.1, 0.15) is 5.56 Å². The quantitative estimate of drug-likeness (QED) is 0.392. The van der Waals surface area contributed by atoms with Crippen molar-refractivity contribution < 1.29 is 0 Å². The molecule has 0 aliphatic carbocycles. The normalized spacial score (nSPS) is 11.7. The van der Waals surface area contributed by atoms with Gasteiger partial charge in [0.2, 0.25) is 0 Å². The van der Waals surface area contributed by atoms with Crippen molar-refractivity contribution in [2.24, 2.45) is 11.6 Å². The largest absolute Gasteiger partial charge is 0.396 e. The molecule has 0 amide bonds. The second-order valence-electron chi connectivity index (χ2n) is 5.03. The van der Waals surface area contributed by atoms with E-state index in [0.717, 1.165) is 27.5 Å². The van der Waals surface area contributed by atoms with Crippen LogP contribution in [0, 0.1) is 11.3 Å². The molecule has 0 saturated heterocycles. The summed E-state index contributed by atoms with van der Waals surface area (Å²) in [4.78, 5) is 4.30. The Bertz CT molecular complexity index is 915. The maximum absolute atomic E-state index is 8.97. The van der Waals surface area contributed by atoms with Crippen molar-refractivity contribution in [2.75, 3.05) is 0 Å².